The summed E-state index contributed by atoms with van der Waals surface area (Å²) in [4.78, 5) is 11.9. The van der Waals surface area contributed by atoms with Crippen molar-refractivity contribution in [2.45, 2.75) is 20.0 Å². The summed E-state index contributed by atoms with van der Waals surface area (Å²) < 4.78 is 10.6. The molecule has 0 spiro atoms. The molecule has 0 heterocycles. The second-order valence-electron chi connectivity index (χ2n) is 5.75. The molecule has 0 fully saturated rings. The third-order valence-corrected chi connectivity index (χ3v) is 4.37. The molecule has 2 aromatic rings. The highest BCUT2D eigenvalue weighted by atomic mass is 35.5. The Morgan fingerprint density at radius 2 is 1.76 bits per heavy atom. The molecule has 6 heteroatoms. The molecule has 0 aliphatic carbocycles. The molecule has 1 atom stereocenters. The van der Waals surface area contributed by atoms with E-state index in [1.807, 2.05) is 13.8 Å². The maximum absolute atomic E-state index is 11.9. The molecular formula is C19H22ClNO4. The zero-order valence-electron chi connectivity index (χ0n) is 14.5. The first-order chi connectivity index (χ1) is 11.9. The molecule has 2 aromatic carbocycles. The Bertz CT molecular complexity index is 708. The quantitative estimate of drug-likeness (QED) is 0.792. The summed E-state index contributed by atoms with van der Waals surface area (Å²) in [6.07, 6.45) is -0.796. The van der Waals surface area contributed by atoms with Crippen LogP contribution in [0.25, 0.3) is 0 Å². The lowest BCUT2D eigenvalue weighted by Gasteiger charge is -2.14. The molecule has 0 saturated heterocycles. The van der Waals surface area contributed by atoms with Gasteiger partial charge < -0.3 is 19.9 Å². The van der Waals surface area contributed by atoms with Crippen LogP contribution < -0.4 is 14.8 Å². The van der Waals surface area contributed by atoms with Gasteiger partial charge in [0.2, 0.25) is 0 Å². The highest BCUT2D eigenvalue weighted by molar-refractivity contribution is 6.32. The minimum Gasteiger partial charge on any atom is -0.497 e. The van der Waals surface area contributed by atoms with Gasteiger partial charge in [0.15, 0.2) is 6.61 Å². The number of halogens is 1. The molecule has 2 rings (SSSR count). The molecule has 134 valence electrons. The standard InChI is InChI=1S/C19H22ClNO4/c1-12-8-16(9-13(2)19(12)20)25-11-18(23)21-10-17(22)14-4-6-15(24-3)7-5-14/h4-9,17,22H,10-11H2,1-3H3,(H,21,23). The first kappa shape index (κ1) is 19.1. The van der Waals surface area contributed by atoms with Crippen LogP contribution in [0.15, 0.2) is 36.4 Å². The van der Waals surface area contributed by atoms with Crippen LogP contribution in [-0.2, 0) is 4.79 Å². The van der Waals surface area contributed by atoms with Crippen molar-refractivity contribution in [3.63, 3.8) is 0 Å². The molecule has 0 aromatic heterocycles. The van der Waals surface area contributed by atoms with Crippen LogP contribution in [0.5, 0.6) is 11.5 Å². The summed E-state index contributed by atoms with van der Waals surface area (Å²) in [6.45, 7) is 3.74. The van der Waals surface area contributed by atoms with E-state index in [4.69, 9.17) is 21.1 Å². The predicted molar refractivity (Wildman–Crippen MR) is 97.4 cm³/mol. The van der Waals surface area contributed by atoms with E-state index in [-0.39, 0.29) is 19.1 Å². The lowest BCUT2D eigenvalue weighted by Crippen LogP contribution is -2.32. The number of carbonyl (C=O) groups excluding carboxylic acids is 1. The Balaban J connectivity index is 1.82. The first-order valence-corrected chi connectivity index (χ1v) is 8.26. The van der Waals surface area contributed by atoms with Crippen molar-refractivity contribution >= 4 is 17.5 Å². The number of carbonyl (C=O) groups is 1. The number of aryl methyl sites for hydroxylation is 2. The van der Waals surface area contributed by atoms with Gasteiger partial charge in [-0.05, 0) is 54.8 Å². The van der Waals surface area contributed by atoms with Gasteiger partial charge in [-0.2, -0.15) is 0 Å². The van der Waals surface area contributed by atoms with E-state index < -0.39 is 6.10 Å². The van der Waals surface area contributed by atoms with E-state index in [1.165, 1.54) is 0 Å². The number of benzene rings is 2. The summed E-state index contributed by atoms with van der Waals surface area (Å²) in [5.41, 5.74) is 2.49. The van der Waals surface area contributed by atoms with Crippen molar-refractivity contribution < 1.29 is 19.4 Å². The number of nitrogens with one attached hydrogen (secondary N) is 1. The van der Waals surface area contributed by atoms with Crippen molar-refractivity contribution in [2.75, 3.05) is 20.3 Å². The van der Waals surface area contributed by atoms with E-state index in [2.05, 4.69) is 5.32 Å². The van der Waals surface area contributed by atoms with Gasteiger partial charge in [0, 0.05) is 11.6 Å². The molecular weight excluding hydrogens is 342 g/mol. The molecule has 25 heavy (non-hydrogen) atoms. The van der Waals surface area contributed by atoms with Crippen LogP contribution in [0, 0.1) is 13.8 Å². The van der Waals surface area contributed by atoms with Crippen molar-refractivity contribution in [1.82, 2.24) is 5.32 Å². The van der Waals surface area contributed by atoms with Crippen molar-refractivity contribution in [2.24, 2.45) is 0 Å². The summed E-state index contributed by atoms with van der Waals surface area (Å²) in [7, 11) is 1.58. The SMILES string of the molecule is COc1ccc(C(O)CNC(=O)COc2cc(C)c(Cl)c(C)c2)cc1. The van der Waals surface area contributed by atoms with Gasteiger partial charge in [-0.15, -0.1) is 0 Å². The minimum atomic E-state index is -0.796. The van der Waals surface area contributed by atoms with Crippen LogP contribution in [0.2, 0.25) is 5.02 Å². The highest BCUT2D eigenvalue weighted by Crippen LogP contribution is 2.25. The number of rotatable bonds is 7. The molecule has 1 amide bonds. The Hall–Kier alpha value is -2.24. The zero-order chi connectivity index (χ0) is 18.4. The fourth-order valence-electron chi connectivity index (χ4n) is 2.34. The number of aliphatic hydroxyl groups is 1. The predicted octanol–water partition coefficient (Wildman–Crippen LogP) is 3.19. The second-order valence-corrected chi connectivity index (χ2v) is 6.13. The molecule has 0 aliphatic rings. The largest absolute Gasteiger partial charge is 0.497 e. The summed E-state index contributed by atoms with van der Waals surface area (Å²) in [5, 5.41) is 13.5. The Labute approximate surface area is 152 Å². The number of methoxy groups -OCH3 is 1. The fourth-order valence-corrected chi connectivity index (χ4v) is 2.45. The molecule has 5 nitrogen and oxygen atoms in total. The maximum Gasteiger partial charge on any atom is 0.258 e. The summed E-state index contributed by atoms with van der Waals surface area (Å²) in [5.74, 6) is 0.991. The normalized spacial score (nSPS) is 11.7. The average Bonchev–Trinajstić information content (AvgIpc) is 2.62. The van der Waals surface area contributed by atoms with E-state index in [9.17, 15) is 9.90 Å². The van der Waals surface area contributed by atoms with Crippen LogP contribution in [0.1, 0.15) is 22.8 Å². The van der Waals surface area contributed by atoms with Crippen molar-refractivity contribution in [3.05, 3.63) is 58.1 Å². The third-order valence-electron chi connectivity index (χ3n) is 3.77. The number of hydrogen-bond donors (Lipinski definition) is 2. The van der Waals surface area contributed by atoms with Gasteiger partial charge in [0.1, 0.15) is 11.5 Å². The van der Waals surface area contributed by atoms with E-state index in [0.29, 0.717) is 22.1 Å². The number of amides is 1. The van der Waals surface area contributed by atoms with Gasteiger partial charge in [0.05, 0.1) is 13.2 Å². The van der Waals surface area contributed by atoms with Crippen molar-refractivity contribution in [3.8, 4) is 11.5 Å². The van der Waals surface area contributed by atoms with Crippen LogP contribution in [0.4, 0.5) is 0 Å². The van der Waals surface area contributed by atoms with Gasteiger partial charge in [0.25, 0.3) is 5.91 Å². The van der Waals surface area contributed by atoms with E-state index >= 15 is 0 Å². The molecule has 0 radical (unpaired) electrons. The molecule has 0 bridgehead atoms. The summed E-state index contributed by atoms with van der Waals surface area (Å²) in [6, 6.07) is 10.6. The molecule has 1 unspecified atom stereocenters. The number of aliphatic hydroxyl groups excluding tert-OH is 1. The van der Waals surface area contributed by atoms with Crippen molar-refractivity contribution in [1.29, 1.82) is 0 Å². The monoisotopic (exact) mass is 363 g/mol. The van der Waals surface area contributed by atoms with E-state index in [0.717, 1.165) is 11.1 Å². The number of ether oxygens (including phenoxy) is 2. The van der Waals surface area contributed by atoms with Crippen LogP contribution >= 0.6 is 11.6 Å². The minimum absolute atomic E-state index is 0.104. The van der Waals surface area contributed by atoms with E-state index in [1.54, 1.807) is 43.5 Å². The van der Waals surface area contributed by atoms with Gasteiger partial charge in [-0.25, -0.2) is 0 Å². The second kappa shape index (κ2) is 8.74. The number of hydrogen-bond acceptors (Lipinski definition) is 4. The molecule has 0 aliphatic heterocycles. The highest BCUT2D eigenvalue weighted by Gasteiger charge is 2.11. The van der Waals surface area contributed by atoms with Gasteiger partial charge in [-0.3, -0.25) is 4.79 Å². The lowest BCUT2D eigenvalue weighted by atomic mass is 10.1. The topological polar surface area (TPSA) is 67.8 Å². The Morgan fingerprint density at radius 1 is 1.16 bits per heavy atom. The average molecular weight is 364 g/mol. The third kappa shape index (κ3) is 5.37. The zero-order valence-corrected chi connectivity index (χ0v) is 15.3. The van der Waals surface area contributed by atoms with Gasteiger partial charge >= 0.3 is 0 Å². The van der Waals surface area contributed by atoms with Crippen LogP contribution in [-0.4, -0.2) is 31.3 Å². The molecule has 0 saturated carbocycles. The Morgan fingerprint density at radius 3 is 2.32 bits per heavy atom. The lowest BCUT2D eigenvalue weighted by molar-refractivity contribution is -0.123. The fraction of sp³-hybridized carbons (Fsp3) is 0.316. The first-order valence-electron chi connectivity index (χ1n) is 7.89. The smallest absolute Gasteiger partial charge is 0.258 e. The summed E-state index contributed by atoms with van der Waals surface area (Å²) >= 11 is 6.10. The van der Waals surface area contributed by atoms with Crippen LogP contribution in [0.3, 0.4) is 0 Å². The Kier molecular flexibility index (Phi) is 6.67. The molecule has 2 N–H and O–H groups in total. The maximum atomic E-state index is 11.9. The van der Waals surface area contributed by atoms with Gasteiger partial charge in [-0.1, -0.05) is 23.7 Å².